The Labute approximate surface area is 121 Å². The van der Waals surface area contributed by atoms with Crippen molar-refractivity contribution in [2.45, 2.75) is 18.9 Å². The molecule has 2 rings (SSSR count). The van der Waals surface area contributed by atoms with E-state index in [1.807, 2.05) is 12.1 Å². The molecule has 0 aliphatic heterocycles. The summed E-state index contributed by atoms with van der Waals surface area (Å²) in [6, 6.07) is 11.7. The Kier molecular flexibility index (Phi) is 4.81. The van der Waals surface area contributed by atoms with Crippen LogP contribution in [0.4, 0.5) is 4.39 Å². The van der Waals surface area contributed by atoms with Crippen molar-refractivity contribution in [2.75, 3.05) is 0 Å². The lowest BCUT2D eigenvalue weighted by molar-refractivity contribution is 0.174. The van der Waals surface area contributed by atoms with Crippen molar-refractivity contribution in [1.82, 2.24) is 0 Å². The van der Waals surface area contributed by atoms with Crippen LogP contribution in [0.3, 0.4) is 0 Å². The van der Waals surface area contributed by atoms with Gasteiger partial charge in [0.25, 0.3) is 0 Å². The summed E-state index contributed by atoms with van der Waals surface area (Å²) in [5.41, 5.74) is 1.30. The van der Waals surface area contributed by atoms with Gasteiger partial charge in [0.15, 0.2) is 0 Å². The molecule has 0 spiro atoms. The molecule has 2 aromatic rings. The van der Waals surface area contributed by atoms with E-state index >= 15 is 0 Å². The SMILES string of the molecule is OC(Cc1ccc(Cl)cc1)Cc1c(F)cccc1Cl. The maximum atomic E-state index is 13.6. The van der Waals surface area contributed by atoms with E-state index in [1.54, 1.807) is 24.3 Å². The van der Waals surface area contributed by atoms with Gasteiger partial charge in [-0.2, -0.15) is 0 Å². The first-order valence-electron chi connectivity index (χ1n) is 5.91. The van der Waals surface area contributed by atoms with Gasteiger partial charge in [-0.1, -0.05) is 41.4 Å². The largest absolute Gasteiger partial charge is 0.392 e. The number of rotatable bonds is 4. The molecule has 1 unspecified atom stereocenters. The minimum Gasteiger partial charge on any atom is -0.392 e. The van der Waals surface area contributed by atoms with E-state index in [-0.39, 0.29) is 12.2 Å². The van der Waals surface area contributed by atoms with Crippen molar-refractivity contribution in [1.29, 1.82) is 0 Å². The van der Waals surface area contributed by atoms with Crippen molar-refractivity contribution >= 4 is 23.2 Å². The highest BCUT2D eigenvalue weighted by atomic mass is 35.5. The Balaban J connectivity index is 2.05. The Morgan fingerprint density at radius 3 is 2.32 bits per heavy atom. The molecule has 4 heteroatoms. The summed E-state index contributed by atoms with van der Waals surface area (Å²) in [7, 11) is 0. The van der Waals surface area contributed by atoms with E-state index in [0.29, 0.717) is 22.0 Å². The molecule has 0 saturated carbocycles. The zero-order valence-electron chi connectivity index (χ0n) is 10.1. The molecule has 0 bridgehead atoms. The zero-order chi connectivity index (χ0) is 13.8. The monoisotopic (exact) mass is 298 g/mol. The quantitative estimate of drug-likeness (QED) is 0.893. The van der Waals surface area contributed by atoms with Crippen LogP contribution in [0.5, 0.6) is 0 Å². The Morgan fingerprint density at radius 2 is 1.68 bits per heavy atom. The lowest BCUT2D eigenvalue weighted by Gasteiger charge is -2.12. The smallest absolute Gasteiger partial charge is 0.127 e. The van der Waals surface area contributed by atoms with Crippen LogP contribution in [0.15, 0.2) is 42.5 Å². The van der Waals surface area contributed by atoms with Crippen LogP contribution in [0.2, 0.25) is 10.0 Å². The maximum Gasteiger partial charge on any atom is 0.127 e. The third-order valence-corrected chi connectivity index (χ3v) is 3.49. The molecule has 100 valence electrons. The first-order chi connectivity index (χ1) is 9.06. The highest BCUT2D eigenvalue weighted by Crippen LogP contribution is 2.21. The van der Waals surface area contributed by atoms with Gasteiger partial charge in [-0.15, -0.1) is 0 Å². The van der Waals surface area contributed by atoms with Crippen molar-refractivity contribution in [2.24, 2.45) is 0 Å². The molecule has 0 heterocycles. The van der Waals surface area contributed by atoms with Crippen LogP contribution in [0.25, 0.3) is 0 Å². The molecule has 0 aromatic heterocycles. The Hall–Kier alpha value is -1.09. The van der Waals surface area contributed by atoms with Gasteiger partial charge in [-0.25, -0.2) is 4.39 Å². The second-order valence-electron chi connectivity index (χ2n) is 4.39. The molecule has 0 fully saturated rings. The first-order valence-corrected chi connectivity index (χ1v) is 6.67. The summed E-state index contributed by atoms with van der Waals surface area (Å²) >= 11 is 11.7. The number of benzene rings is 2. The van der Waals surface area contributed by atoms with Crippen LogP contribution in [0, 0.1) is 5.82 Å². The van der Waals surface area contributed by atoms with Gasteiger partial charge in [0.1, 0.15) is 5.82 Å². The molecular weight excluding hydrogens is 286 g/mol. The maximum absolute atomic E-state index is 13.6. The second kappa shape index (κ2) is 6.38. The number of hydrogen-bond acceptors (Lipinski definition) is 1. The molecule has 0 saturated heterocycles. The zero-order valence-corrected chi connectivity index (χ0v) is 11.6. The molecule has 0 aliphatic carbocycles. The molecule has 0 radical (unpaired) electrons. The van der Waals surface area contributed by atoms with Gasteiger partial charge >= 0.3 is 0 Å². The molecule has 19 heavy (non-hydrogen) atoms. The van der Waals surface area contributed by atoms with Crippen LogP contribution < -0.4 is 0 Å². The Bertz CT molecular complexity index is 534. The van der Waals surface area contributed by atoms with Crippen molar-refractivity contribution in [3.63, 3.8) is 0 Å². The Morgan fingerprint density at radius 1 is 1.00 bits per heavy atom. The van der Waals surface area contributed by atoms with Crippen molar-refractivity contribution in [3.05, 3.63) is 69.5 Å². The minimum atomic E-state index is -0.685. The van der Waals surface area contributed by atoms with E-state index in [9.17, 15) is 9.50 Å². The fraction of sp³-hybridized carbons (Fsp3) is 0.200. The van der Waals surface area contributed by atoms with Crippen molar-refractivity contribution in [3.8, 4) is 0 Å². The lowest BCUT2D eigenvalue weighted by atomic mass is 10.0. The summed E-state index contributed by atoms with van der Waals surface area (Å²) in [6.07, 6.45) is -0.0637. The number of halogens is 3. The average molecular weight is 299 g/mol. The molecule has 0 aliphatic rings. The van der Waals surface area contributed by atoms with E-state index in [2.05, 4.69) is 0 Å². The molecule has 1 N–H and O–H groups in total. The summed E-state index contributed by atoms with van der Waals surface area (Å²) in [4.78, 5) is 0. The molecule has 1 atom stereocenters. The minimum absolute atomic E-state index is 0.189. The van der Waals surface area contributed by atoms with Crippen LogP contribution in [-0.4, -0.2) is 11.2 Å². The highest BCUT2D eigenvalue weighted by Gasteiger charge is 2.13. The van der Waals surface area contributed by atoms with E-state index in [0.717, 1.165) is 5.56 Å². The average Bonchev–Trinajstić information content (AvgIpc) is 2.37. The van der Waals surface area contributed by atoms with E-state index in [4.69, 9.17) is 23.2 Å². The summed E-state index contributed by atoms with van der Waals surface area (Å²) in [6.45, 7) is 0. The van der Waals surface area contributed by atoms with Gasteiger partial charge in [0, 0.05) is 22.0 Å². The first kappa shape index (κ1) is 14.3. The van der Waals surface area contributed by atoms with Gasteiger partial charge in [-0.3, -0.25) is 0 Å². The highest BCUT2D eigenvalue weighted by molar-refractivity contribution is 6.31. The van der Waals surface area contributed by atoms with E-state index in [1.165, 1.54) is 6.07 Å². The van der Waals surface area contributed by atoms with Gasteiger partial charge in [0.2, 0.25) is 0 Å². The predicted molar refractivity (Wildman–Crippen MR) is 76.3 cm³/mol. The lowest BCUT2D eigenvalue weighted by Crippen LogP contribution is -2.15. The fourth-order valence-electron chi connectivity index (χ4n) is 1.93. The fourth-order valence-corrected chi connectivity index (χ4v) is 2.29. The number of aliphatic hydroxyl groups excluding tert-OH is 1. The van der Waals surface area contributed by atoms with Gasteiger partial charge in [0.05, 0.1) is 6.10 Å². The summed E-state index contributed by atoms with van der Waals surface area (Å²) in [5.74, 6) is -0.386. The summed E-state index contributed by atoms with van der Waals surface area (Å²) in [5, 5.41) is 11.0. The van der Waals surface area contributed by atoms with Crippen LogP contribution in [-0.2, 0) is 12.8 Å². The summed E-state index contributed by atoms with van der Waals surface area (Å²) < 4.78 is 13.6. The second-order valence-corrected chi connectivity index (χ2v) is 5.23. The third-order valence-electron chi connectivity index (χ3n) is 2.89. The van der Waals surface area contributed by atoms with Gasteiger partial charge < -0.3 is 5.11 Å². The predicted octanol–water partition coefficient (Wildman–Crippen LogP) is 4.28. The molecular formula is C15H13Cl2FO. The molecule has 0 amide bonds. The van der Waals surface area contributed by atoms with Gasteiger partial charge in [-0.05, 0) is 36.2 Å². The topological polar surface area (TPSA) is 20.2 Å². The van der Waals surface area contributed by atoms with E-state index < -0.39 is 6.10 Å². The standard InChI is InChI=1S/C15H13Cl2FO/c16-11-6-4-10(5-7-11)8-12(19)9-13-14(17)2-1-3-15(13)18/h1-7,12,19H,8-9H2. The van der Waals surface area contributed by atoms with Crippen molar-refractivity contribution < 1.29 is 9.50 Å². The third kappa shape index (κ3) is 3.93. The van der Waals surface area contributed by atoms with Crippen LogP contribution in [0.1, 0.15) is 11.1 Å². The normalized spacial score (nSPS) is 12.4. The van der Waals surface area contributed by atoms with Crippen LogP contribution >= 0.6 is 23.2 Å². The molecule has 2 aromatic carbocycles. The molecule has 1 nitrogen and oxygen atoms in total. The number of aliphatic hydroxyl groups is 1. The number of hydrogen-bond donors (Lipinski definition) is 1.